The fourth-order valence-electron chi connectivity index (χ4n) is 4.32. The summed E-state index contributed by atoms with van der Waals surface area (Å²) in [5.41, 5.74) is 1.45. The van der Waals surface area contributed by atoms with E-state index in [1.54, 1.807) is 6.07 Å². The third-order valence-electron chi connectivity index (χ3n) is 5.96. The maximum absolute atomic E-state index is 13.0. The Morgan fingerprint density at radius 3 is 2.70 bits per heavy atom. The summed E-state index contributed by atoms with van der Waals surface area (Å²) < 4.78 is 40.9. The summed E-state index contributed by atoms with van der Waals surface area (Å²) in [5.74, 6) is -0.347. The summed E-state index contributed by atoms with van der Waals surface area (Å²) in [4.78, 5) is 31.4. The van der Waals surface area contributed by atoms with Crippen LogP contribution >= 0.6 is 0 Å². The van der Waals surface area contributed by atoms with Gasteiger partial charge in [-0.2, -0.15) is 13.2 Å². The molecule has 0 spiro atoms. The molecule has 0 saturated carbocycles. The highest BCUT2D eigenvalue weighted by Crippen LogP contribution is 2.30. The van der Waals surface area contributed by atoms with Gasteiger partial charge in [0.1, 0.15) is 5.82 Å². The Morgan fingerprint density at radius 1 is 1.21 bits per heavy atom. The quantitative estimate of drug-likeness (QED) is 0.599. The van der Waals surface area contributed by atoms with Gasteiger partial charge in [0, 0.05) is 26.1 Å². The van der Waals surface area contributed by atoms with Crippen LogP contribution in [0.15, 0.2) is 48.5 Å². The SMILES string of the molecule is CCn1c(C(C)NC(=O)C2CC(=O)N(Cc3cccc(C(F)(F)F)c3)C2)nc2ccccc21. The van der Waals surface area contributed by atoms with Crippen molar-refractivity contribution in [3.63, 3.8) is 0 Å². The average molecular weight is 458 g/mol. The van der Waals surface area contributed by atoms with Crippen molar-refractivity contribution in [1.29, 1.82) is 0 Å². The van der Waals surface area contributed by atoms with Crippen LogP contribution < -0.4 is 5.32 Å². The van der Waals surface area contributed by atoms with E-state index < -0.39 is 17.7 Å². The number of carbonyl (C=O) groups excluding carboxylic acids is 2. The Morgan fingerprint density at radius 2 is 1.97 bits per heavy atom. The number of halogens is 3. The van der Waals surface area contributed by atoms with Crippen molar-refractivity contribution in [3.05, 3.63) is 65.5 Å². The highest BCUT2D eigenvalue weighted by atomic mass is 19.4. The predicted molar refractivity (Wildman–Crippen MR) is 117 cm³/mol. The Labute approximate surface area is 189 Å². The largest absolute Gasteiger partial charge is 0.416 e. The lowest BCUT2D eigenvalue weighted by Crippen LogP contribution is -2.35. The van der Waals surface area contributed by atoms with E-state index in [2.05, 4.69) is 10.3 Å². The van der Waals surface area contributed by atoms with E-state index in [-0.39, 0.29) is 37.4 Å². The van der Waals surface area contributed by atoms with Gasteiger partial charge in [-0.25, -0.2) is 4.98 Å². The number of hydrogen-bond donors (Lipinski definition) is 1. The number of aromatic nitrogens is 2. The number of aryl methyl sites for hydroxylation is 1. The van der Waals surface area contributed by atoms with Crippen LogP contribution in [-0.2, 0) is 28.9 Å². The molecule has 2 heterocycles. The summed E-state index contributed by atoms with van der Waals surface area (Å²) >= 11 is 0. The van der Waals surface area contributed by atoms with Crippen LogP contribution in [0.2, 0.25) is 0 Å². The van der Waals surface area contributed by atoms with Gasteiger partial charge in [-0.1, -0.05) is 24.3 Å². The van der Waals surface area contributed by atoms with E-state index >= 15 is 0 Å². The molecule has 1 aliphatic rings. The first-order valence-corrected chi connectivity index (χ1v) is 10.9. The van der Waals surface area contributed by atoms with E-state index in [1.165, 1.54) is 11.0 Å². The second kappa shape index (κ2) is 8.88. The van der Waals surface area contributed by atoms with E-state index in [1.807, 2.05) is 42.7 Å². The summed E-state index contributed by atoms with van der Waals surface area (Å²) in [6.07, 6.45) is -4.42. The van der Waals surface area contributed by atoms with Crippen LogP contribution in [0.5, 0.6) is 0 Å². The van der Waals surface area contributed by atoms with E-state index in [9.17, 15) is 22.8 Å². The highest BCUT2D eigenvalue weighted by Gasteiger charge is 2.36. The number of hydrogen-bond acceptors (Lipinski definition) is 3. The van der Waals surface area contributed by atoms with Gasteiger partial charge < -0.3 is 14.8 Å². The molecular weight excluding hydrogens is 433 g/mol. The van der Waals surface area contributed by atoms with Crippen molar-refractivity contribution < 1.29 is 22.8 Å². The number of fused-ring (bicyclic) bond motifs is 1. The fraction of sp³-hybridized carbons (Fsp3) is 0.375. The van der Waals surface area contributed by atoms with E-state index in [0.717, 1.165) is 29.0 Å². The molecule has 0 aliphatic carbocycles. The van der Waals surface area contributed by atoms with Crippen LogP contribution in [0.3, 0.4) is 0 Å². The number of likely N-dealkylation sites (tertiary alicyclic amines) is 1. The normalized spacial score (nSPS) is 17.5. The van der Waals surface area contributed by atoms with Crippen LogP contribution in [-0.4, -0.2) is 32.8 Å². The third-order valence-corrected chi connectivity index (χ3v) is 5.96. The summed E-state index contributed by atoms with van der Waals surface area (Å²) in [6.45, 7) is 4.75. The minimum Gasteiger partial charge on any atom is -0.346 e. The monoisotopic (exact) mass is 458 g/mol. The molecule has 4 rings (SSSR count). The van der Waals surface area contributed by atoms with Crippen molar-refractivity contribution in [1.82, 2.24) is 19.8 Å². The maximum Gasteiger partial charge on any atom is 0.416 e. The molecule has 174 valence electrons. The second-order valence-corrected chi connectivity index (χ2v) is 8.31. The van der Waals surface area contributed by atoms with Gasteiger partial charge in [-0.05, 0) is 43.7 Å². The molecule has 0 radical (unpaired) electrons. The molecule has 1 aromatic heterocycles. The smallest absolute Gasteiger partial charge is 0.346 e. The first kappa shape index (κ1) is 22.8. The molecule has 1 aliphatic heterocycles. The predicted octanol–water partition coefficient (Wildman–Crippen LogP) is 4.30. The number of alkyl halides is 3. The highest BCUT2D eigenvalue weighted by molar-refractivity contribution is 5.89. The molecule has 2 aromatic carbocycles. The zero-order valence-corrected chi connectivity index (χ0v) is 18.4. The van der Waals surface area contributed by atoms with Gasteiger partial charge in [0.15, 0.2) is 0 Å². The molecular formula is C24H25F3N4O2. The molecule has 1 N–H and O–H groups in total. The molecule has 9 heteroatoms. The Kier molecular flexibility index (Phi) is 6.14. The standard InChI is InChI=1S/C24H25F3N4O2/c1-3-31-20-10-5-4-9-19(20)29-22(31)15(2)28-23(33)17-12-21(32)30(14-17)13-16-7-6-8-18(11-16)24(25,26)27/h4-11,15,17H,3,12-14H2,1-2H3,(H,28,33). The van der Waals surface area contributed by atoms with Gasteiger partial charge in [-0.15, -0.1) is 0 Å². The minimum absolute atomic E-state index is 0.0295. The zero-order chi connectivity index (χ0) is 23.8. The van der Waals surface area contributed by atoms with Crippen molar-refractivity contribution in [2.45, 2.75) is 45.6 Å². The Balaban J connectivity index is 1.43. The van der Waals surface area contributed by atoms with Crippen LogP contribution in [0.25, 0.3) is 11.0 Å². The first-order chi connectivity index (χ1) is 15.7. The van der Waals surface area contributed by atoms with Gasteiger partial charge in [0.05, 0.1) is 28.6 Å². The van der Waals surface area contributed by atoms with Crippen molar-refractivity contribution in [2.75, 3.05) is 6.54 Å². The number of amides is 2. The molecule has 1 fully saturated rings. The van der Waals surface area contributed by atoms with Gasteiger partial charge in [0.25, 0.3) is 0 Å². The second-order valence-electron chi connectivity index (χ2n) is 8.31. The van der Waals surface area contributed by atoms with Crippen LogP contribution in [0, 0.1) is 5.92 Å². The fourth-order valence-corrected chi connectivity index (χ4v) is 4.32. The summed E-state index contributed by atoms with van der Waals surface area (Å²) in [5, 5.41) is 2.96. The number of nitrogens with one attached hydrogen (secondary N) is 1. The maximum atomic E-state index is 13.0. The van der Waals surface area contributed by atoms with Gasteiger partial charge in [-0.3, -0.25) is 9.59 Å². The molecule has 2 atom stereocenters. The van der Waals surface area contributed by atoms with Crippen molar-refractivity contribution in [2.24, 2.45) is 5.92 Å². The molecule has 33 heavy (non-hydrogen) atoms. The van der Waals surface area contributed by atoms with E-state index in [0.29, 0.717) is 12.1 Å². The Bertz CT molecular complexity index is 1190. The van der Waals surface area contributed by atoms with Crippen molar-refractivity contribution >= 4 is 22.8 Å². The third kappa shape index (κ3) is 4.72. The number of carbonyl (C=O) groups is 2. The van der Waals surface area contributed by atoms with Crippen LogP contribution in [0.4, 0.5) is 13.2 Å². The number of imidazole rings is 1. The van der Waals surface area contributed by atoms with Gasteiger partial charge in [0.2, 0.25) is 11.8 Å². The van der Waals surface area contributed by atoms with Gasteiger partial charge >= 0.3 is 6.18 Å². The number of benzene rings is 2. The number of nitrogens with zero attached hydrogens (tertiary/aromatic N) is 3. The molecule has 1 saturated heterocycles. The molecule has 0 bridgehead atoms. The molecule has 2 amide bonds. The average Bonchev–Trinajstić information content (AvgIpc) is 3.33. The van der Waals surface area contributed by atoms with Crippen LogP contribution in [0.1, 0.15) is 43.3 Å². The zero-order valence-electron chi connectivity index (χ0n) is 18.4. The number of para-hydroxylation sites is 2. The van der Waals surface area contributed by atoms with Crippen molar-refractivity contribution in [3.8, 4) is 0 Å². The summed E-state index contributed by atoms with van der Waals surface area (Å²) in [6, 6.07) is 12.3. The first-order valence-electron chi connectivity index (χ1n) is 10.9. The Hall–Kier alpha value is -3.36. The lowest BCUT2D eigenvalue weighted by molar-refractivity contribution is -0.137. The minimum atomic E-state index is -4.45. The lowest BCUT2D eigenvalue weighted by atomic mass is 10.1. The lowest BCUT2D eigenvalue weighted by Gasteiger charge is -2.19. The molecule has 3 aromatic rings. The topological polar surface area (TPSA) is 67.2 Å². The van der Waals surface area contributed by atoms with E-state index in [4.69, 9.17) is 0 Å². The molecule has 6 nitrogen and oxygen atoms in total. The molecule has 2 unspecified atom stereocenters. The summed E-state index contributed by atoms with van der Waals surface area (Å²) in [7, 11) is 0. The number of rotatable bonds is 6.